The van der Waals surface area contributed by atoms with E-state index in [9.17, 15) is 13.2 Å². The normalized spacial score (nSPS) is 15.3. The lowest BCUT2D eigenvalue weighted by Gasteiger charge is -2.25. The minimum Gasteiger partial charge on any atom is -0.485 e. The molecule has 30 heavy (non-hydrogen) atoms. The molecule has 154 valence electrons. The summed E-state index contributed by atoms with van der Waals surface area (Å²) in [6.07, 6.45) is -0.800. The zero-order valence-corrected chi connectivity index (χ0v) is 17.0. The predicted molar refractivity (Wildman–Crippen MR) is 113 cm³/mol. The summed E-state index contributed by atoms with van der Waals surface area (Å²) in [6.45, 7) is 1.98. The van der Waals surface area contributed by atoms with Crippen LogP contribution in [0.25, 0.3) is 0 Å². The van der Waals surface area contributed by atoms with Gasteiger partial charge in [-0.3, -0.25) is 9.52 Å². The lowest BCUT2D eigenvalue weighted by Crippen LogP contribution is -2.40. The SMILES string of the molecule is Cc1cccc(NS(=O)(=O)c2ccc(NC(=O)[C@H]3COc4ccccc4O3)cc2)c1. The lowest BCUT2D eigenvalue weighted by molar-refractivity contribution is -0.125. The molecule has 1 heterocycles. The van der Waals surface area contributed by atoms with Gasteiger partial charge in [0, 0.05) is 11.4 Å². The number of sulfonamides is 1. The third kappa shape index (κ3) is 4.38. The van der Waals surface area contributed by atoms with E-state index in [2.05, 4.69) is 10.0 Å². The second-order valence-electron chi connectivity index (χ2n) is 6.85. The Bertz CT molecular complexity index is 1180. The number of anilines is 2. The summed E-state index contributed by atoms with van der Waals surface area (Å²) in [5, 5.41) is 2.72. The predicted octanol–water partition coefficient (Wildman–Crippen LogP) is 3.57. The number of amides is 1. The number of carbonyl (C=O) groups is 1. The summed E-state index contributed by atoms with van der Waals surface area (Å²) in [6, 6.07) is 20.1. The van der Waals surface area contributed by atoms with Gasteiger partial charge in [-0.05, 0) is 61.0 Å². The number of para-hydroxylation sites is 2. The van der Waals surface area contributed by atoms with Crippen LogP contribution in [0, 0.1) is 6.92 Å². The van der Waals surface area contributed by atoms with Gasteiger partial charge in [-0.15, -0.1) is 0 Å². The molecule has 1 aliphatic rings. The van der Waals surface area contributed by atoms with Crippen LogP contribution in [0.15, 0.2) is 77.7 Å². The van der Waals surface area contributed by atoms with Crippen molar-refractivity contribution in [3.05, 3.63) is 78.4 Å². The monoisotopic (exact) mass is 424 g/mol. The zero-order valence-electron chi connectivity index (χ0n) is 16.2. The number of ether oxygens (including phenoxy) is 2. The van der Waals surface area contributed by atoms with E-state index in [4.69, 9.17) is 9.47 Å². The van der Waals surface area contributed by atoms with E-state index in [-0.39, 0.29) is 17.4 Å². The van der Waals surface area contributed by atoms with Gasteiger partial charge in [-0.25, -0.2) is 8.42 Å². The van der Waals surface area contributed by atoms with Crippen LogP contribution in [-0.2, 0) is 14.8 Å². The fraction of sp³-hybridized carbons (Fsp3) is 0.136. The third-order valence-corrected chi connectivity index (χ3v) is 5.90. The first-order valence-electron chi connectivity index (χ1n) is 9.30. The third-order valence-electron chi connectivity index (χ3n) is 4.50. The molecule has 7 nitrogen and oxygen atoms in total. The molecule has 0 fully saturated rings. The summed E-state index contributed by atoms with van der Waals surface area (Å²) < 4.78 is 38.9. The van der Waals surface area contributed by atoms with E-state index >= 15 is 0 Å². The molecule has 0 aromatic heterocycles. The van der Waals surface area contributed by atoms with Gasteiger partial charge in [-0.2, -0.15) is 0 Å². The van der Waals surface area contributed by atoms with E-state index in [1.165, 1.54) is 24.3 Å². The molecule has 0 unspecified atom stereocenters. The van der Waals surface area contributed by atoms with Crippen LogP contribution in [0.1, 0.15) is 5.56 Å². The number of rotatable bonds is 5. The van der Waals surface area contributed by atoms with Gasteiger partial charge in [0.25, 0.3) is 15.9 Å². The molecule has 8 heteroatoms. The van der Waals surface area contributed by atoms with Gasteiger partial charge in [0.1, 0.15) is 6.61 Å². The first-order valence-corrected chi connectivity index (χ1v) is 10.8. The van der Waals surface area contributed by atoms with Crippen molar-refractivity contribution >= 4 is 27.3 Å². The Kier molecular flexibility index (Phi) is 5.33. The number of hydrogen-bond acceptors (Lipinski definition) is 5. The highest BCUT2D eigenvalue weighted by atomic mass is 32.2. The molecule has 1 aliphatic heterocycles. The molecule has 4 rings (SSSR count). The quantitative estimate of drug-likeness (QED) is 0.653. The molecule has 0 spiro atoms. The Morgan fingerprint density at radius 3 is 2.40 bits per heavy atom. The molecule has 0 bridgehead atoms. The Balaban J connectivity index is 1.42. The number of carbonyl (C=O) groups excluding carboxylic acids is 1. The zero-order chi connectivity index (χ0) is 21.1. The van der Waals surface area contributed by atoms with Gasteiger partial charge in [0.05, 0.1) is 4.90 Å². The Hall–Kier alpha value is -3.52. The van der Waals surface area contributed by atoms with E-state index in [0.29, 0.717) is 22.9 Å². The average Bonchev–Trinajstić information content (AvgIpc) is 2.73. The Morgan fingerprint density at radius 1 is 0.933 bits per heavy atom. The molecule has 3 aromatic rings. The van der Waals surface area contributed by atoms with Crippen LogP contribution in [0.5, 0.6) is 11.5 Å². The van der Waals surface area contributed by atoms with Crippen molar-refractivity contribution in [2.24, 2.45) is 0 Å². The van der Waals surface area contributed by atoms with Crippen molar-refractivity contribution in [1.29, 1.82) is 0 Å². The highest BCUT2D eigenvalue weighted by molar-refractivity contribution is 7.92. The first-order chi connectivity index (χ1) is 14.4. The van der Waals surface area contributed by atoms with Gasteiger partial charge in [-0.1, -0.05) is 24.3 Å². The number of nitrogens with one attached hydrogen (secondary N) is 2. The fourth-order valence-corrected chi connectivity index (χ4v) is 4.06. The summed E-state index contributed by atoms with van der Waals surface area (Å²) in [5.41, 5.74) is 1.89. The standard InChI is InChI=1S/C22H20N2O5S/c1-15-5-4-6-17(13-15)24-30(26,27)18-11-9-16(10-12-18)23-22(25)21-14-28-19-7-2-3-8-20(19)29-21/h2-13,21,24H,14H2,1H3,(H,23,25)/t21-/m1/s1. The minimum absolute atomic E-state index is 0.0909. The summed E-state index contributed by atoms with van der Waals surface area (Å²) >= 11 is 0. The second-order valence-corrected chi connectivity index (χ2v) is 8.54. The van der Waals surface area contributed by atoms with Crippen molar-refractivity contribution in [2.45, 2.75) is 17.9 Å². The van der Waals surface area contributed by atoms with Crippen molar-refractivity contribution in [3.8, 4) is 11.5 Å². The van der Waals surface area contributed by atoms with Gasteiger partial charge >= 0.3 is 0 Å². The highest BCUT2D eigenvalue weighted by Crippen LogP contribution is 2.31. The molecule has 1 amide bonds. The maximum Gasteiger partial charge on any atom is 0.269 e. The second kappa shape index (κ2) is 8.08. The maximum absolute atomic E-state index is 12.6. The molecular weight excluding hydrogens is 404 g/mol. The topological polar surface area (TPSA) is 93.7 Å². The maximum atomic E-state index is 12.6. The van der Waals surface area contributed by atoms with E-state index < -0.39 is 16.1 Å². The van der Waals surface area contributed by atoms with E-state index in [0.717, 1.165) is 5.56 Å². The van der Waals surface area contributed by atoms with Crippen LogP contribution < -0.4 is 19.5 Å². The van der Waals surface area contributed by atoms with E-state index in [1.54, 1.807) is 36.4 Å². The smallest absolute Gasteiger partial charge is 0.269 e. The van der Waals surface area contributed by atoms with E-state index in [1.807, 2.05) is 19.1 Å². The van der Waals surface area contributed by atoms with Crippen molar-refractivity contribution in [2.75, 3.05) is 16.6 Å². The summed E-state index contributed by atoms with van der Waals surface area (Å²) in [5.74, 6) is 0.725. The number of benzene rings is 3. The van der Waals surface area contributed by atoms with Crippen molar-refractivity contribution < 1.29 is 22.7 Å². The summed E-state index contributed by atoms with van der Waals surface area (Å²) in [7, 11) is -3.74. The lowest BCUT2D eigenvalue weighted by atomic mass is 10.2. The molecule has 0 saturated heterocycles. The molecule has 3 aromatic carbocycles. The fourth-order valence-electron chi connectivity index (χ4n) is 3.01. The van der Waals surface area contributed by atoms with Gasteiger partial charge in [0.15, 0.2) is 11.5 Å². The molecule has 0 radical (unpaired) electrons. The number of hydrogen-bond donors (Lipinski definition) is 2. The van der Waals surface area contributed by atoms with Gasteiger partial charge < -0.3 is 14.8 Å². The minimum atomic E-state index is -3.74. The molecule has 0 aliphatic carbocycles. The number of fused-ring (bicyclic) bond motifs is 1. The van der Waals surface area contributed by atoms with Crippen molar-refractivity contribution in [1.82, 2.24) is 0 Å². The highest BCUT2D eigenvalue weighted by Gasteiger charge is 2.27. The molecular formula is C22H20N2O5S. The van der Waals surface area contributed by atoms with Crippen LogP contribution >= 0.6 is 0 Å². The molecule has 1 atom stereocenters. The average molecular weight is 424 g/mol. The van der Waals surface area contributed by atoms with Crippen LogP contribution in [0.2, 0.25) is 0 Å². The molecule has 0 saturated carbocycles. The largest absolute Gasteiger partial charge is 0.485 e. The van der Waals surface area contributed by atoms with Crippen LogP contribution in [-0.4, -0.2) is 27.0 Å². The van der Waals surface area contributed by atoms with Crippen LogP contribution in [0.4, 0.5) is 11.4 Å². The number of aryl methyl sites for hydroxylation is 1. The van der Waals surface area contributed by atoms with Crippen molar-refractivity contribution in [3.63, 3.8) is 0 Å². The Morgan fingerprint density at radius 2 is 1.67 bits per heavy atom. The van der Waals surface area contributed by atoms with Gasteiger partial charge in [0.2, 0.25) is 6.10 Å². The Labute approximate surface area is 174 Å². The van der Waals surface area contributed by atoms with Crippen LogP contribution in [0.3, 0.4) is 0 Å². The first kappa shape index (κ1) is 19.8. The molecule has 2 N–H and O–H groups in total. The summed E-state index contributed by atoms with van der Waals surface area (Å²) in [4.78, 5) is 12.6.